The van der Waals surface area contributed by atoms with Crippen molar-refractivity contribution in [3.05, 3.63) is 28.5 Å². The molecule has 1 rings (SSSR count). The van der Waals surface area contributed by atoms with E-state index in [1.54, 1.807) is 0 Å². The molecule has 11 heavy (non-hydrogen) atoms. The molecule has 0 amide bonds. The maximum atomic E-state index is 12.4. The van der Waals surface area contributed by atoms with Crippen molar-refractivity contribution < 1.29 is 8.78 Å². The smallest absolute Gasteiger partial charge is 0.192 e. The summed E-state index contributed by atoms with van der Waals surface area (Å²) in [6.07, 6.45) is 0. The molecule has 0 aliphatic heterocycles. The highest BCUT2D eigenvalue weighted by Crippen LogP contribution is 2.14. The fourth-order valence-corrected chi connectivity index (χ4v) is 0.615. The fraction of sp³-hybridized carbons (Fsp3) is 0. The molecule has 0 N–H and O–H groups in total. The van der Waals surface area contributed by atoms with Crippen LogP contribution in [-0.2, 0) is 0 Å². The van der Waals surface area contributed by atoms with Crippen molar-refractivity contribution in [2.45, 2.75) is 0 Å². The quantitative estimate of drug-likeness (QED) is 0.560. The first-order valence-electron chi connectivity index (χ1n) is 2.49. The molecule has 0 aliphatic carbocycles. The van der Waals surface area contributed by atoms with E-state index in [1.807, 2.05) is 6.07 Å². The van der Waals surface area contributed by atoms with Gasteiger partial charge in [0.05, 0.1) is 0 Å². The minimum Gasteiger partial charge on any atom is -0.192 e. The van der Waals surface area contributed by atoms with E-state index in [4.69, 9.17) is 16.9 Å². The molecular formula is C6ClF2N2. The molecule has 1 radical (unpaired) electrons. The molecule has 1 aromatic rings. The Kier molecular flexibility index (Phi) is 2.01. The molecule has 0 saturated heterocycles. The van der Waals surface area contributed by atoms with Gasteiger partial charge in [-0.1, -0.05) is 11.6 Å². The van der Waals surface area contributed by atoms with Crippen LogP contribution < -0.4 is 0 Å². The van der Waals surface area contributed by atoms with Gasteiger partial charge < -0.3 is 0 Å². The first kappa shape index (κ1) is 7.89. The molecule has 55 valence electrons. The van der Waals surface area contributed by atoms with Crippen molar-refractivity contribution in [1.29, 1.82) is 5.26 Å². The summed E-state index contributed by atoms with van der Waals surface area (Å²) in [7, 11) is 0. The van der Waals surface area contributed by atoms with Crippen LogP contribution in [0.4, 0.5) is 8.78 Å². The number of rotatable bonds is 0. The molecule has 0 aliphatic rings. The number of nitriles is 1. The van der Waals surface area contributed by atoms with E-state index in [0.717, 1.165) is 0 Å². The Morgan fingerprint density at radius 2 is 2.09 bits per heavy atom. The summed E-state index contributed by atoms with van der Waals surface area (Å²) >= 11 is 5.15. The average Bonchev–Trinajstić information content (AvgIpc) is 1.97. The fourth-order valence-electron chi connectivity index (χ4n) is 0.478. The maximum Gasteiger partial charge on any atom is 0.235 e. The van der Waals surface area contributed by atoms with Crippen molar-refractivity contribution >= 4 is 11.6 Å². The highest BCUT2D eigenvalue weighted by Gasteiger charge is 2.09. The van der Waals surface area contributed by atoms with Gasteiger partial charge in [-0.05, 0) is 0 Å². The lowest BCUT2D eigenvalue weighted by Gasteiger charge is -1.92. The summed E-state index contributed by atoms with van der Waals surface area (Å²) in [5.74, 6) is -2.36. The van der Waals surface area contributed by atoms with Gasteiger partial charge in [0.2, 0.25) is 11.9 Å². The van der Waals surface area contributed by atoms with Gasteiger partial charge in [-0.15, -0.1) is 0 Å². The molecule has 0 fully saturated rings. The average molecular weight is 174 g/mol. The van der Waals surface area contributed by atoms with E-state index in [1.165, 1.54) is 6.07 Å². The highest BCUT2D eigenvalue weighted by molar-refractivity contribution is 6.30. The summed E-state index contributed by atoms with van der Waals surface area (Å²) < 4.78 is 24.6. The summed E-state index contributed by atoms with van der Waals surface area (Å²) in [6.45, 7) is 0. The second-order valence-corrected chi connectivity index (χ2v) is 2.00. The summed E-state index contributed by atoms with van der Waals surface area (Å²) in [6, 6.07) is 3.40. The van der Waals surface area contributed by atoms with Crippen LogP contribution in [0.2, 0.25) is 5.02 Å². The van der Waals surface area contributed by atoms with E-state index in [2.05, 4.69) is 4.98 Å². The zero-order valence-corrected chi connectivity index (χ0v) is 5.78. The van der Waals surface area contributed by atoms with Crippen LogP contribution in [0.25, 0.3) is 0 Å². The number of nitrogens with zero attached hydrogens (tertiary/aromatic N) is 2. The Hall–Kier alpha value is -1.21. The van der Waals surface area contributed by atoms with E-state index >= 15 is 0 Å². The second kappa shape index (κ2) is 2.81. The Labute approximate surface area is 66.0 Å². The first-order chi connectivity index (χ1) is 5.15. The number of hydrogen-bond donors (Lipinski definition) is 0. The first-order valence-corrected chi connectivity index (χ1v) is 2.87. The molecular weight excluding hydrogens is 174 g/mol. The van der Waals surface area contributed by atoms with Gasteiger partial charge in [-0.3, -0.25) is 0 Å². The predicted octanol–water partition coefficient (Wildman–Crippen LogP) is 1.69. The number of aromatic nitrogens is 1. The zero-order valence-electron chi connectivity index (χ0n) is 5.03. The van der Waals surface area contributed by atoms with Crippen LogP contribution in [0.5, 0.6) is 0 Å². The van der Waals surface area contributed by atoms with E-state index < -0.39 is 22.5 Å². The molecule has 2 nitrogen and oxygen atoms in total. The molecule has 0 bridgehead atoms. The lowest BCUT2D eigenvalue weighted by atomic mass is 10.3. The number of halogens is 3. The van der Waals surface area contributed by atoms with Gasteiger partial charge in [0.1, 0.15) is 16.7 Å². The van der Waals surface area contributed by atoms with Crippen LogP contribution in [-0.4, -0.2) is 4.98 Å². The van der Waals surface area contributed by atoms with Gasteiger partial charge in [-0.25, -0.2) is 0 Å². The largest absolute Gasteiger partial charge is 0.235 e. The van der Waals surface area contributed by atoms with Crippen molar-refractivity contribution in [3.8, 4) is 6.07 Å². The van der Waals surface area contributed by atoms with Crippen LogP contribution in [0.15, 0.2) is 0 Å². The Morgan fingerprint density at radius 1 is 1.45 bits per heavy atom. The van der Waals surface area contributed by atoms with E-state index in [0.29, 0.717) is 0 Å². The monoisotopic (exact) mass is 173 g/mol. The van der Waals surface area contributed by atoms with Gasteiger partial charge in [0.25, 0.3) is 0 Å². The van der Waals surface area contributed by atoms with Crippen molar-refractivity contribution in [2.75, 3.05) is 0 Å². The normalized spacial score (nSPS) is 9.27. The van der Waals surface area contributed by atoms with Crippen LogP contribution in [0.3, 0.4) is 0 Å². The zero-order chi connectivity index (χ0) is 8.43. The van der Waals surface area contributed by atoms with Crippen LogP contribution >= 0.6 is 11.6 Å². The van der Waals surface area contributed by atoms with E-state index in [9.17, 15) is 8.78 Å². The standard InChI is InChI=1S/C6ClF2N2/c7-4-1-3(2-10)5(8)11-6(4)9. The second-order valence-electron chi connectivity index (χ2n) is 1.62. The van der Waals surface area contributed by atoms with Crippen LogP contribution in [0.1, 0.15) is 5.56 Å². The number of pyridine rings is 1. The minimum atomic E-state index is -1.20. The lowest BCUT2D eigenvalue weighted by Crippen LogP contribution is -1.93. The third-order valence-electron chi connectivity index (χ3n) is 0.930. The topological polar surface area (TPSA) is 36.7 Å². The molecule has 0 unspecified atom stereocenters. The molecule has 0 aromatic carbocycles. The van der Waals surface area contributed by atoms with E-state index in [-0.39, 0.29) is 0 Å². The number of hydrogen-bond acceptors (Lipinski definition) is 2. The molecule has 0 saturated carbocycles. The van der Waals surface area contributed by atoms with Gasteiger partial charge in [0.15, 0.2) is 0 Å². The summed E-state index contributed by atoms with van der Waals surface area (Å²) in [5.41, 5.74) is -0.489. The SMILES string of the molecule is N#Cc1[c]c(Cl)c(F)nc1F. The van der Waals surface area contributed by atoms with Gasteiger partial charge in [0, 0.05) is 6.07 Å². The minimum absolute atomic E-state index is 0.483. The molecule has 0 atom stereocenters. The Balaban J connectivity index is 3.35. The summed E-state index contributed by atoms with van der Waals surface area (Å²) in [5, 5.41) is 7.71. The molecule has 0 spiro atoms. The maximum absolute atomic E-state index is 12.4. The third-order valence-corrected chi connectivity index (χ3v) is 1.18. The molecule has 1 heterocycles. The Bertz CT molecular complexity index is 332. The Morgan fingerprint density at radius 3 is 2.64 bits per heavy atom. The summed E-state index contributed by atoms with van der Waals surface area (Å²) in [4.78, 5) is 2.72. The van der Waals surface area contributed by atoms with Crippen molar-refractivity contribution in [1.82, 2.24) is 4.98 Å². The van der Waals surface area contributed by atoms with Gasteiger partial charge >= 0.3 is 0 Å². The van der Waals surface area contributed by atoms with Gasteiger partial charge in [-0.2, -0.15) is 19.0 Å². The van der Waals surface area contributed by atoms with Crippen LogP contribution in [0, 0.1) is 29.3 Å². The van der Waals surface area contributed by atoms with Crippen molar-refractivity contribution in [2.24, 2.45) is 0 Å². The van der Waals surface area contributed by atoms with Crippen molar-refractivity contribution in [3.63, 3.8) is 0 Å². The predicted molar refractivity (Wildman–Crippen MR) is 32.7 cm³/mol. The highest BCUT2D eigenvalue weighted by atomic mass is 35.5. The molecule has 5 heteroatoms. The third kappa shape index (κ3) is 1.44. The lowest BCUT2D eigenvalue weighted by molar-refractivity contribution is 0.510. The molecule has 1 aromatic heterocycles.